The summed E-state index contributed by atoms with van der Waals surface area (Å²) in [6.45, 7) is 5.42. The highest BCUT2D eigenvalue weighted by atomic mass is 32.2. The summed E-state index contributed by atoms with van der Waals surface area (Å²) < 4.78 is 4.22. The largest absolute Gasteiger partial charge is 0.477 e. The fourth-order valence-corrected chi connectivity index (χ4v) is 6.62. The molecule has 1 aromatic heterocycles. The number of aryl methyl sites for hydroxylation is 2. The summed E-state index contributed by atoms with van der Waals surface area (Å²) in [6, 6.07) is 0.195. The van der Waals surface area contributed by atoms with Gasteiger partial charge in [0.05, 0.1) is 31.7 Å². The van der Waals surface area contributed by atoms with E-state index in [1.807, 2.05) is 24.7 Å². The maximum absolute atomic E-state index is 12.5. The van der Waals surface area contributed by atoms with E-state index >= 15 is 0 Å². The maximum Gasteiger partial charge on any atom is 0.353 e. The van der Waals surface area contributed by atoms with Gasteiger partial charge in [-0.2, -0.15) is 0 Å². The number of carbonyl (C=O) groups excluding carboxylic acids is 1. The number of imidazole rings is 1. The van der Waals surface area contributed by atoms with Crippen LogP contribution in [0.2, 0.25) is 0 Å². The number of nitrogens with zero attached hydrogens (tertiary/aromatic N) is 3. The Morgan fingerprint density at radius 2 is 2.23 bits per heavy atom. The predicted octanol–water partition coefficient (Wildman–Crippen LogP) is 0.710. The quantitative estimate of drug-likeness (QED) is 0.411. The number of thioether (sulfide) groups is 1. The summed E-state index contributed by atoms with van der Waals surface area (Å²) in [5.41, 5.74) is 0.128. The molecule has 0 unspecified atom stereocenters. The van der Waals surface area contributed by atoms with Gasteiger partial charge in [0.2, 0.25) is 12.2 Å². The number of aliphatic hydroxyl groups excluding tert-OH is 1. The molecule has 3 aliphatic heterocycles. The number of amides is 1. The number of carboxylic acids is 1. The van der Waals surface area contributed by atoms with E-state index in [2.05, 4.69) is 22.4 Å². The Balaban J connectivity index is 1.35. The Kier molecular flexibility index (Phi) is 5.96. The SMILES string of the molecule is C[C@@H](O)[C@H]1C(=O)N2C(C(=O)O)=C(S[C@@H]3CN[C@H](CCCn4cc[n+](C)c4)C3)[C@H](C)[C@H]12. The lowest BCUT2D eigenvalue weighted by Crippen LogP contribution is -2.63. The summed E-state index contributed by atoms with van der Waals surface area (Å²) in [7, 11) is 2.01. The summed E-state index contributed by atoms with van der Waals surface area (Å²) in [5, 5.41) is 23.6. The molecule has 9 heteroatoms. The van der Waals surface area contributed by atoms with Gasteiger partial charge in [-0.15, -0.1) is 11.8 Å². The van der Waals surface area contributed by atoms with Gasteiger partial charge in [-0.05, 0) is 26.2 Å². The molecule has 0 aliphatic carbocycles. The third kappa shape index (κ3) is 3.78. The van der Waals surface area contributed by atoms with Gasteiger partial charge in [-0.3, -0.25) is 4.79 Å². The van der Waals surface area contributed by atoms with Crippen LogP contribution in [0.3, 0.4) is 0 Å². The Morgan fingerprint density at radius 3 is 2.87 bits per heavy atom. The van der Waals surface area contributed by atoms with Gasteiger partial charge in [0.1, 0.15) is 18.1 Å². The third-order valence-electron chi connectivity index (χ3n) is 6.58. The first-order valence-electron chi connectivity index (χ1n) is 10.7. The van der Waals surface area contributed by atoms with Crippen LogP contribution in [0.25, 0.3) is 0 Å². The van der Waals surface area contributed by atoms with Crippen LogP contribution >= 0.6 is 11.8 Å². The Bertz CT molecular complexity index is 867. The fourth-order valence-electron chi connectivity index (χ4n) is 5.10. The molecule has 164 valence electrons. The number of aliphatic hydroxyl groups is 1. The van der Waals surface area contributed by atoms with Gasteiger partial charge in [0, 0.05) is 28.7 Å². The summed E-state index contributed by atoms with van der Waals surface area (Å²) in [4.78, 5) is 26.6. The van der Waals surface area contributed by atoms with Crippen molar-refractivity contribution in [2.45, 2.75) is 63.1 Å². The number of aromatic nitrogens is 2. The molecule has 0 aromatic carbocycles. The van der Waals surface area contributed by atoms with E-state index < -0.39 is 18.0 Å². The number of hydrogen-bond donors (Lipinski definition) is 3. The smallest absolute Gasteiger partial charge is 0.353 e. The van der Waals surface area contributed by atoms with Crippen molar-refractivity contribution in [1.82, 2.24) is 14.8 Å². The molecule has 3 aliphatic rings. The molecule has 3 N–H and O–H groups in total. The average Bonchev–Trinajstić information content (AvgIpc) is 3.34. The number of carbonyl (C=O) groups is 2. The Morgan fingerprint density at radius 1 is 1.47 bits per heavy atom. The van der Waals surface area contributed by atoms with Gasteiger partial charge >= 0.3 is 5.97 Å². The zero-order chi connectivity index (χ0) is 21.6. The fraction of sp³-hybridized carbons (Fsp3) is 0.667. The number of rotatable bonds is 8. The molecular formula is C21H31N4O4S+. The highest BCUT2D eigenvalue weighted by molar-refractivity contribution is 8.03. The molecule has 4 rings (SSSR count). The van der Waals surface area contributed by atoms with E-state index in [-0.39, 0.29) is 23.6 Å². The standard InChI is InChI=1S/C21H30N4O4S/c1-12-17-16(13(2)26)20(27)25(17)18(21(28)29)19(12)30-15-9-14(22-10-15)5-4-6-24-8-7-23(3)11-24/h7-8,11-17,22,26H,4-6,9-10H2,1-3H3/p+1/t12-,13-,14-,15+,16-,17-/m1/s1. The molecule has 30 heavy (non-hydrogen) atoms. The van der Waals surface area contributed by atoms with Crippen LogP contribution in [-0.4, -0.2) is 61.5 Å². The monoisotopic (exact) mass is 435 g/mol. The van der Waals surface area contributed by atoms with E-state index in [9.17, 15) is 19.8 Å². The number of nitrogens with one attached hydrogen (secondary N) is 1. The Labute approximate surface area is 180 Å². The second kappa shape index (κ2) is 8.36. The van der Waals surface area contributed by atoms with E-state index in [0.717, 1.165) is 37.3 Å². The number of fused-ring (bicyclic) bond motifs is 1. The van der Waals surface area contributed by atoms with Crippen LogP contribution in [0.1, 0.15) is 33.1 Å². The maximum atomic E-state index is 12.5. The van der Waals surface area contributed by atoms with E-state index in [1.54, 1.807) is 18.7 Å². The van der Waals surface area contributed by atoms with Crippen LogP contribution in [0.5, 0.6) is 0 Å². The molecule has 0 radical (unpaired) electrons. The van der Waals surface area contributed by atoms with Crippen molar-refractivity contribution in [3.8, 4) is 0 Å². The van der Waals surface area contributed by atoms with Crippen molar-refractivity contribution in [2.24, 2.45) is 18.9 Å². The highest BCUT2D eigenvalue weighted by Crippen LogP contribution is 2.51. The zero-order valence-corrected chi connectivity index (χ0v) is 18.5. The number of aliphatic carboxylic acids is 1. The normalized spacial score (nSPS) is 31.8. The number of β-lactam (4-membered cyclic amide) rings is 1. The topological polar surface area (TPSA) is 98.7 Å². The first kappa shape index (κ1) is 21.4. The minimum absolute atomic E-state index is 0.0630. The molecule has 6 atom stereocenters. The molecular weight excluding hydrogens is 404 g/mol. The van der Waals surface area contributed by atoms with Gasteiger partial charge < -0.3 is 20.4 Å². The lowest BCUT2D eigenvalue weighted by Gasteiger charge is -2.46. The summed E-state index contributed by atoms with van der Waals surface area (Å²) in [5.74, 6) is -1.88. The van der Waals surface area contributed by atoms with Crippen LogP contribution in [0.15, 0.2) is 29.3 Å². The van der Waals surface area contributed by atoms with Gasteiger partial charge in [-0.25, -0.2) is 13.9 Å². The molecule has 2 fully saturated rings. The van der Waals surface area contributed by atoms with Crippen LogP contribution < -0.4 is 9.88 Å². The van der Waals surface area contributed by atoms with Crippen molar-refractivity contribution >= 4 is 23.6 Å². The molecule has 0 saturated carbocycles. The summed E-state index contributed by atoms with van der Waals surface area (Å²) in [6.07, 6.45) is 8.58. The first-order valence-corrected chi connectivity index (χ1v) is 11.6. The zero-order valence-electron chi connectivity index (χ0n) is 17.7. The van der Waals surface area contributed by atoms with Gasteiger partial charge in [-0.1, -0.05) is 6.92 Å². The first-order chi connectivity index (χ1) is 14.3. The second-order valence-electron chi connectivity index (χ2n) is 8.81. The van der Waals surface area contributed by atoms with E-state index in [0.29, 0.717) is 11.3 Å². The predicted molar refractivity (Wildman–Crippen MR) is 112 cm³/mol. The van der Waals surface area contributed by atoms with Crippen molar-refractivity contribution in [3.63, 3.8) is 0 Å². The van der Waals surface area contributed by atoms with Crippen LogP contribution in [0, 0.1) is 11.8 Å². The van der Waals surface area contributed by atoms with Crippen LogP contribution in [-0.2, 0) is 23.2 Å². The minimum Gasteiger partial charge on any atom is -0.477 e. The third-order valence-corrected chi connectivity index (χ3v) is 8.09. The molecule has 0 spiro atoms. The number of carboxylic acid groups (broad SMARTS) is 1. The molecule has 0 bridgehead atoms. The van der Waals surface area contributed by atoms with Gasteiger partial charge in [0.15, 0.2) is 0 Å². The molecule has 4 heterocycles. The van der Waals surface area contributed by atoms with Crippen molar-refractivity contribution in [2.75, 3.05) is 6.54 Å². The van der Waals surface area contributed by atoms with Crippen molar-refractivity contribution in [3.05, 3.63) is 29.3 Å². The molecule has 2 saturated heterocycles. The second-order valence-corrected chi connectivity index (χ2v) is 10.2. The van der Waals surface area contributed by atoms with E-state index in [4.69, 9.17) is 0 Å². The molecule has 1 amide bonds. The number of hydrogen-bond acceptors (Lipinski definition) is 5. The highest BCUT2D eigenvalue weighted by Gasteiger charge is 2.60. The summed E-state index contributed by atoms with van der Waals surface area (Å²) >= 11 is 1.61. The van der Waals surface area contributed by atoms with E-state index in [1.165, 1.54) is 4.90 Å². The molecule has 1 aromatic rings. The lowest BCUT2D eigenvalue weighted by molar-refractivity contribution is -0.671. The average molecular weight is 436 g/mol. The Hall–Kier alpha value is -1.84. The van der Waals surface area contributed by atoms with Gasteiger partial charge in [0.25, 0.3) is 0 Å². The lowest BCUT2D eigenvalue weighted by atomic mass is 9.79. The van der Waals surface area contributed by atoms with Crippen LogP contribution in [0.4, 0.5) is 0 Å². The van der Waals surface area contributed by atoms with Crippen molar-refractivity contribution < 1.29 is 24.4 Å². The van der Waals surface area contributed by atoms with Crippen molar-refractivity contribution in [1.29, 1.82) is 0 Å². The molecule has 8 nitrogen and oxygen atoms in total. The minimum atomic E-state index is -1.05.